The summed E-state index contributed by atoms with van der Waals surface area (Å²) in [4.78, 5) is 16.9. The second kappa shape index (κ2) is 9.24. The molecule has 0 atom stereocenters. The maximum Gasteiger partial charge on any atom is 0.264 e. The number of rotatable bonds is 6. The Morgan fingerprint density at radius 2 is 1.73 bits per heavy atom. The van der Waals surface area contributed by atoms with Crippen LogP contribution in [-0.4, -0.2) is 71.0 Å². The zero-order valence-electron chi connectivity index (χ0n) is 17.3. The minimum absolute atomic E-state index is 0.117. The van der Waals surface area contributed by atoms with E-state index in [-0.39, 0.29) is 22.4 Å². The number of ether oxygens (including phenoxy) is 1. The van der Waals surface area contributed by atoms with E-state index in [4.69, 9.17) is 16.3 Å². The van der Waals surface area contributed by atoms with E-state index in [1.54, 1.807) is 41.3 Å². The van der Waals surface area contributed by atoms with Crippen molar-refractivity contribution in [3.05, 3.63) is 53.1 Å². The second-order valence-corrected chi connectivity index (χ2v) is 9.60. The molecule has 162 valence electrons. The van der Waals surface area contributed by atoms with Crippen molar-refractivity contribution in [3.63, 3.8) is 0 Å². The van der Waals surface area contributed by atoms with Gasteiger partial charge in [-0.05, 0) is 44.3 Å². The first-order chi connectivity index (χ1) is 14.2. The van der Waals surface area contributed by atoms with E-state index in [0.717, 1.165) is 23.0 Å². The van der Waals surface area contributed by atoms with Gasteiger partial charge in [-0.3, -0.25) is 9.10 Å². The monoisotopic (exact) mass is 451 g/mol. The average molecular weight is 452 g/mol. The molecule has 0 bridgehead atoms. The molecule has 0 aromatic heterocycles. The van der Waals surface area contributed by atoms with Crippen LogP contribution < -0.4 is 9.04 Å². The minimum Gasteiger partial charge on any atom is -0.495 e. The first kappa shape index (κ1) is 22.4. The van der Waals surface area contributed by atoms with Gasteiger partial charge in [0.1, 0.15) is 12.3 Å². The molecule has 0 saturated carbocycles. The molecule has 1 fully saturated rings. The highest BCUT2D eigenvalue weighted by atomic mass is 35.5. The number of sulfonamides is 1. The van der Waals surface area contributed by atoms with Crippen LogP contribution in [0.25, 0.3) is 0 Å². The summed E-state index contributed by atoms with van der Waals surface area (Å²) < 4.78 is 33.2. The van der Waals surface area contributed by atoms with Crippen LogP contribution in [0.3, 0.4) is 0 Å². The predicted molar refractivity (Wildman–Crippen MR) is 118 cm³/mol. The Morgan fingerprint density at radius 1 is 1.10 bits per heavy atom. The smallest absolute Gasteiger partial charge is 0.264 e. The van der Waals surface area contributed by atoms with Crippen molar-refractivity contribution in [2.75, 3.05) is 51.2 Å². The number of halogens is 1. The molecule has 3 rings (SSSR count). The van der Waals surface area contributed by atoms with E-state index < -0.39 is 10.0 Å². The molecule has 0 spiro atoms. The average Bonchev–Trinajstić information content (AvgIpc) is 2.72. The lowest BCUT2D eigenvalue weighted by Gasteiger charge is -2.34. The molecular weight excluding hydrogens is 426 g/mol. The van der Waals surface area contributed by atoms with Crippen LogP contribution in [0, 0.1) is 6.92 Å². The van der Waals surface area contributed by atoms with Crippen molar-refractivity contribution in [1.82, 2.24) is 9.80 Å². The van der Waals surface area contributed by atoms with Gasteiger partial charge >= 0.3 is 0 Å². The Labute approximate surface area is 182 Å². The summed E-state index contributed by atoms with van der Waals surface area (Å²) in [5.74, 6) is 0.184. The van der Waals surface area contributed by atoms with Gasteiger partial charge < -0.3 is 14.5 Å². The third kappa shape index (κ3) is 4.88. The molecule has 0 aliphatic carbocycles. The Hall–Kier alpha value is -2.29. The van der Waals surface area contributed by atoms with E-state index in [2.05, 4.69) is 4.90 Å². The minimum atomic E-state index is -3.98. The molecule has 2 aromatic carbocycles. The highest BCUT2D eigenvalue weighted by molar-refractivity contribution is 7.92. The summed E-state index contributed by atoms with van der Waals surface area (Å²) in [6.07, 6.45) is 0. The van der Waals surface area contributed by atoms with Crippen LogP contribution in [0.4, 0.5) is 5.69 Å². The van der Waals surface area contributed by atoms with Crippen molar-refractivity contribution in [2.24, 2.45) is 0 Å². The zero-order valence-corrected chi connectivity index (χ0v) is 18.9. The van der Waals surface area contributed by atoms with Crippen molar-refractivity contribution in [1.29, 1.82) is 0 Å². The number of carbonyl (C=O) groups is 1. The van der Waals surface area contributed by atoms with Gasteiger partial charge in [-0.15, -0.1) is 0 Å². The number of benzene rings is 2. The van der Waals surface area contributed by atoms with Gasteiger partial charge in [-0.1, -0.05) is 29.3 Å². The van der Waals surface area contributed by atoms with Crippen LogP contribution in [0.5, 0.6) is 5.75 Å². The Morgan fingerprint density at radius 3 is 2.30 bits per heavy atom. The highest BCUT2D eigenvalue weighted by Gasteiger charge is 2.30. The van der Waals surface area contributed by atoms with Crippen LogP contribution in [0.2, 0.25) is 5.02 Å². The van der Waals surface area contributed by atoms with E-state index in [9.17, 15) is 13.2 Å². The van der Waals surface area contributed by atoms with Crippen molar-refractivity contribution < 1.29 is 17.9 Å². The van der Waals surface area contributed by atoms with E-state index in [0.29, 0.717) is 24.5 Å². The van der Waals surface area contributed by atoms with Gasteiger partial charge in [-0.2, -0.15) is 0 Å². The lowest BCUT2D eigenvalue weighted by Crippen LogP contribution is -2.50. The fourth-order valence-corrected chi connectivity index (χ4v) is 4.90. The SMILES string of the molecule is COc1ccc(N(CC(=O)N2CCN(C)CC2)S(=O)(=O)c2ccc(C)cc2)cc1Cl. The third-order valence-electron chi connectivity index (χ3n) is 5.17. The lowest BCUT2D eigenvalue weighted by molar-refractivity contribution is -0.131. The van der Waals surface area contributed by atoms with Crippen LogP contribution >= 0.6 is 11.6 Å². The Balaban J connectivity index is 1.97. The summed E-state index contributed by atoms with van der Waals surface area (Å²) in [5.41, 5.74) is 1.25. The van der Waals surface area contributed by atoms with Gasteiger partial charge in [0.2, 0.25) is 5.91 Å². The van der Waals surface area contributed by atoms with Crippen LogP contribution in [-0.2, 0) is 14.8 Å². The van der Waals surface area contributed by atoms with Gasteiger partial charge in [0.15, 0.2) is 0 Å². The fourth-order valence-electron chi connectivity index (χ4n) is 3.24. The first-order valence-corrected chi connectivity index (χ1v) is 11.4. The molecule has 0 unspecified atom stereocenters. The lowest BCUT2D eigenvalue weighted by atomic mass is 10.2. The number of piperazine rings is 1. The van der Waals surface area contributed by atoms with Crippen molar-refractivity contribution >= 4 is 33.2 Å². The molecule has 0 N–H and O–H groups in total. The van der Waals surface area contributed by atoms with Crippen molar-refractivity contribution in [2.45, 2.75) is 11.8 Å². The molecule has 0 radical (unpaired) electrons. The predicted octanol–water partition coefficient (Wildman–Crippen LogP) is 2.63. The van der Waals surface area contributed by atoms with Gasteiger partial charge in [0.25, 0.3) is 10.0 Å². The number of anilines is 1. The number of likely N-dealkylation sites (N-methyl/N-ethyl adjacent to an activating group) is 1. The zero-order chi connectivity index (χ0) is 21.9. The molecular formula is C21H26ClN3O4S. The third-order valence-corrected chi connectivity index (χ3v) is 7.25. The van der Waals surface area contributed by atoms with E-state index in [1.807, 2.05) is 14.0 Å². The number of hydrogen-bond donors (Lipinski definition) is 0. The molecule has 1 saturated heterocycles. The number of aryl methyl sites for hydroxylation is 1. The molecule has 1 heterocycles. The number of methoxy groups -OCH3 is 1. The maximum absolute atomic E-state index is 13.5. The Kier molecular flexibility index (Phi) is 6.90. The second-order valence-electron chi connectivity index (χ2n) is 7.33. The van der Waals surface area contributed by atoms with Crippen molar-refractivity contribution in [3.8, 4) is 5.75 Å². The number of amides is 1. The van der Waals surface area contributed by atoms with Gasteiger partial charge in [-0.25, -0.2) is 8.42 Å². The molecule has 1 aliphatic rings. The summed E-state index contributed by atoms with van der Waals surface area (Å²) in [5, 5.41) is 0.270. The van der Waals surface area contributed by atoms with Gasteiger partial charge in [0.05, 0.1) is 22.7 Å². The first-order valence-electron chi connectivity index (χ1n) is 9.61. The fraction of sp³-hybridized carbons (Fsp3) is 0.381. The normalized spacial score (nSPS) is 15.1. The number of hydrogen-bond acceptors (Lipinski definition) is 5. The number of nitrogens with zero attached hydrogens (tertiary/aromatic N) is 3. The molecule has 2 aromatic rings. The number of carbonyl (C=O) groups excluding carboxylic acids is 1. The molecule has 1 amide bonds. The van der Waals surface area contributed by atoms with Gasteiger partial charge in [0, 0.05) is 26.2 Å². The van der Waals surface area contributed by atoms with Crippen LogP contribution in [0.1, 0.15) is 5.56 Å². The molecule has 1 aliphatic heterocycles. The standard InChI is InChI=1S/C21H26ClN3O4S/c1-16-4-7-18(8-5-16)30(27,28)25(17-6-9-20(29-3)19(22)14-17)15-21(26)24-12-10-23(2)11-13-24/h4-9,14H,10-13,15H2,1-3H3. The largest absolute Gasteiger partial charge is 0.495 e. The molecule has 30 heavy (non-hydrogen) atoms. The van der Waals surface area contributed by atoms with Crippen LogP contribution in [0.15, 0.2) is 47.4 Å². The highest BCUT2D eigenvalue weighted by Crippen LogP contribution is 2.32. The van der Waals surface area contributed by atoms with E-state index in [1.165, 1.54) is 13.2 Å². The molecule has 9 heteroatoms. The Bertz CT molecular complexity index is 1000. The summed E-state index contributed by atoms with van der Waals surface area (Å²) >= 11 is 6.24. The van der Waals surface area contributed by atoms with E-state index >= 15 is 0 Å². The summed E-state index contributed by atoms with van der Waals surface area (Å²) in [7, 11) is -0.496. The quantitative estimate of drug-likeness (QED) is 0.675. The molecule has 7 nitrogen and oxygen atoms in total. The maximum atomic E-state index is 13.5. The summed E-state index contributed by atoms with van der Waals surface area (Å²) in [6, 6.07) is 11.2. The summed E-state index contributed by atoms with van der Waals surface area (Å²) in [6.45, 7) is 4.22. The topological polar surface area (TPSA) is 70.2 Å².